The highest BCUT2D eigenvalue weighted by Crippen LogP contribution is 2.28. The van der Waals surface area contributed by atoms with Gasteiger partial charge in [0, 0.05) is 5.56 Å². The maximum absolute atomic E-state index is 13.0. The van der Waals surface area contributed by atoms with E-state index < -0.39 is 6.43 Å². The summed E-state index contributed by atoms with van der Waals surface area (Å²) in [5, 5.41) is 4.05. The fourth-order valence-electron chi connectivity index (χ4n) is 2.20. The highest BCUT2D eigenvalue weighted by Gasteiger charge is 2.17. The van der Waals surface area contributed by atoms with Crippen LogP contribution in [-0.4, -0.2) is 9.78 Å². The first-order chi connectivity index (χ1) is 10.1. The van der Waals surface area contributed by atoms with Crippen LogP contribution in [-0.2, 0) is 0 Å². The van der Waals surface area contributed by atoms with Gasteiger partial charge in [0.2, 0.25) is 0 Å². The van der Waals surface area contributed by atoms with Crippen LogP contribution < -0.4 is 0 Å². The Kier molecular flexibility index (Phi) is 3.52. The van der Waals surface area contributed by atoms with Crippen molar-refractivity contribution in [1.29, 1.82) is 0 Å². The minimum absolute atomic E-state index is 0.213. The first kappa shape index (κ1) is 13.5. The summed E-state index contributed by atoms with van der Waals surface area (Å²) in [7, 11) is 0. The fourth-order valence-corrected chi connectivity index (χ4v) is 2.20. The maximum atomic E-state index is 13.0. The standard InChI is InChI=1S/C17H14F2N2/c1-12-7-9-14(10-8-12)21-16(11-15(20-21)17(18)19)13-5-3-2-4-6-13/h2-11,17H,1H3. The Hall–Kier alpha value is -2.49. The summed E-state index contributed by atoms with van der Waals surface area (Å²) in [6.45, 7) is 1.98. The summed E-state index contributed by atoms with van der Waals surface area (Å²) in [6.07, 6.45) is -2.58. The minimum atomic E-state index is -2.58. The van der Waals surface area contributed by atoms with Gasteiger partial charge in [-0.1, -0.05) is 48.0 Å². The Morgan fingerprint density at radius 2 is 1.62 bits per heavy atom. The lowest BCUT2D eigenvalue weighted by Gasteiger charge is -2.07. The number of hydrogen-bond acceptors (Lipinski definition) is 1. The molecule has 2 nitrogen and oxygen atoms in total. The molecule has 0 aliphatic carbocycles. The van der Waals surface area contributed by atoms with E-state index in [1.807, 2.05) is 61.5 Å². The molecule has 0 N–H and O–H groups in total. The molecule has 1 heterocycles. The molecule has 0 unspecified atom stereocenters. The van der Waals surface area contributed by atoms with E-state index in [0.717, 1.165) is 16.8 Å². The Bertz CT molecular complexity index is 731. The Labute approximate surface area is 121 Å². The van der Waals surface area contributed by atoms with Crippen LogP contribution in [0.4, 0.5) is 8.78 Å². The predicted octanol–water partition coefficient (Wildman–Crippen LogP) is 4.79. The van der Waals surface area contributed by atoms with Gasteiger partial charge in [-0.25, -0.2) is 13.5 Å². The smallest absolute Gasteiger partial charge is 0.233 e. The SMILES string of the molecule is Cc1ccc(-n2nc(C(F)F)cc2-c2ccccc2)cc1. The fraction of sp³-hybridized carbons (Fsp3) is 0.118. The lowest BCUT2D eigenvalue weighted by Crippen LogP contribution is -1.99. The first-order valence-corrected chi connectivity index (χ1v) is 6.66. The second kappa shape index (κ2) is 5.48. The van der Waals surface area contributed by atoms with E-state index in [-0.39, 0.29) is 5.69 Å². The number of nitrogens with zero attached hydrogens (tertiary/aromatic N) is 2. The number of benzene rings is 2. The van der Waals surface area contributed by atoms with Crippen molar-refractivity contribution in [1.82, 2.24) is 9.78 Å². The molecule has 0 radical (unpaired) electrons. The number of rotatable bonds is 3. The van der Waals surface area contributed by atoms with Crippen molar-refractivity contribution < 1.29 is 8.78 Å². The van der Waals surface area contributed by atoms with Crippen molar-refractivity contribution in [3.05, 3.63) is 71.9 Å². The molecule has 0 spiro atoms. The van der Waals surface area contributed by atoms with Gasteiger partial charge in [-0.05, 0) is 25.1 Å². The van der Waals surface area contributed by atoms with Gasteiger partial charge >= 0.3 is 0 Å². The summed E-state index contributed by atoms with van der Waals surface area (Å²) in [5.74, 6) is 0. The summed E-state index contributed by atoms with van der Waals surface area (Å²) >= 11 is 0. The van der Waals surface area contributed by atoms with Crippen LogP contribution in [0.15, 0.2) is 60.7 Å². The molecule has 3 aromatic rings. The molecule has 0 aliphatic heterocycles. The average molecular weight is 284 g/mol. The molecule has 0 amide bonds. The largest absolute Gasteiger partial charge is 0.282 e. The quantitative estimate of drug-likeness (QED) is 0.676. The van der Waals surface area contributed by atoms with Crippen LogP contribution in [0.2, 0.25) is 0 Å². The molecule has 4 heteroatoms. The monoisotopic (exact) mass is 284 g/mol. The third-order valence-corrected chi connectivity index (χ3v) is 3.30. The molecule has 2 aromatic carbocycles. The van der Waals surface area contributed by atoms with Crippen LogP contribution in [0.3, 0.4) is 0 Å². The number of aromatic nitrogens is 2. The van der Waals surface area contributed by atoms with Crippen molar-refractivity contribution in [2.24, 2.45) is 0 Å². The molecular weight excluding hydrogens is 270 g/mol. The second-order valence-corrected chi connectivity index (χ2v) is 4.87. The highest BCUT2D eigenvalue weighted by molar-refractivity contribution is 5.62. The lowest BCUT2D eigenvalue weighted by molar-refractivity contribution is 0.145. The Morgan fingerprint density at radius 3 is 2.24 bits per heavy atom. The number of alkyl halides is 2. The first-order valence-electron chi connectivity index (χ1n) is 6.66. The normalized spacial score (nSPS) is 11.0. The molecular formula is C17H14F2N2. The molecule has 0 aliphatic rings. The summed E-state index contributed by atoms with van der Waals surface area (Å²) in [4.78, 5) is 0. The van der Waals surface area contributed by atoms with E-state index in [9.17, 15) is 8.78 Å². The van der Waals surface area contributed by atoms with Crippen molar-refractivity contribution in [3.8, 4) is 16.9 Å². The molecule has 0 fully saturated rings. The number of hydrogen-bond donors (Lipinski definition) is 0. The molecule has 0 bridgehead atoms. The maximum Gasteiger partial charge on any atom is 0.282 e. The van der Waals surface area contributed by atoms with Crippen LogP contribution in [0.1, 0.15) is 17.7 Å². The highest BCUT2D eigenvalue weighted by atomic mass is 19.3. The van der Waals surface area contributed by atoms with Gasteiger partial charge in [-0.3, -0.25) is 0 Å². The average Bonchev–Trinajstić information content (AvgIpc) is 2.94. The number of aryl methyl sites for hydroxylation is 1. The van der Waals surface area contributed by atoms with Gasteiger partial charge in [-0.2, -0.15) is 5.10 Å². The molecule has 106 valence electrons. The molecule has 1 aromatic heterocycles. The molecule has 0 atom stereocenters. The molecule has 3 rings (SSSR count). The van der Waals surface area contributed by atoms with E-state index in [4.69, 9.17) is 0 Å². The topological polar surface area (TPSA) is 17.8 Å². The molecule has 0 saturated carbocycles. The zero-order chi connectivity index (χ0) is 14.8. The van der Waals surface area contributed by atoms with E-state index >= 15 is 0 Å². The van der Waals surface area contributed by atoms with E-state index in [1.54, 1.807) is 4.68 Å². The molecule has 0 saturated heterocycles. The third kappa shape index (κ3) is 2.70. The van der Waals surface area contributed by atoms with Crippen LogP contribution >= 0.6 is 0 Å². The van der Waals surface area contributed by atoms with Gasteiger partial charge in [0.1, 0.15) is 5.69 Å². The summed E-state index contributed by atoms with van der Waals surface area (Å²) < 4.78 is 27.5. The number of halogens is 2. The van der Waals surface area contributed by atoms with Crippen LogP contribution in [0, 0.1) is 6.92 Å². The van der Waals surface area contributed by atoms with E-state index in [2.05, 4.69) is 5.10 Å². The van der Waals surface area contributed by atoms with Gasteiger partial charge in [-0.15, -0.1) is 0 Å². The predicted molar refractivity (Wildman–Crippen MR) is 78.7 cm³/mol. The van der Waals surface area contributed by atoms with Crippen molar-refractivity contribution in [2.75, 3.05) is 0 Å². The Morgan fingerprint density at radius 1 is 0.952 bits per heavy atom. The minimum Gasteiger partial charge on any atom is -0.233 e. The lowest BCUT2D eigenvalue weighted by atomic mass is 10.1. The van der Waals surface area contributed by atoms with Crippen LogP contribution in [0.5, 0.6) is 0 Å². The van der Waals surface area contributed by atoms with Gasteiger partial charge in [0.05, 0.1) is 11.4 Å². The van der Waals surface area contributed by atoms with Gasteiger partial charge in [0.25, 0.3) is 6.43 Å². The van der Waals surface area contributed by atoms with Crippen molar-refractivity contribution in [2.45, 2.75) is 13.3 Å². The molecule has 21 heavy (non-hydrogen) atoms. The third-order valence-electron chi connectivity index (χ3n) is 3.30. The second-order valence-electron chi connectivity index (χ2n) is 4.87. The van der Waals surface area contributed by atoms with Gasteiger partial charge < -0.3 is 0 Å². The van der Waals surface area contributed by atoms with Crippen molar-refractivity contribution in [3.63, 3.8) is 0 Å². The zero-order valence-electron chi connectivity index (χ0n) is 11.5. The summed E-state index contributed by atoms with van der Waals surface area (Å²) in [6, 6.07) is 18.5. The zero-order valence-corrected chi connectivity index (χ0v) is 11.5. The summed E-state index contributed by atoms with van der Waals surface area (Å²) in [5.41, 5.74) is 3.19. The van der Waals surface area contributed by atoms with Crippen molar-refractivity contribution >= 4 is 0 Å². The van der Waals surface area contributed by atoms with Crippen LogP contribution in [0.25, 0.3) is 16.9 Å². The van der Waals surface area contributed by atoms with E-state index in [0.29, 0.717) is 5.69 Å². The van der Waals surface area contributed by atoms with Gasteiger partial charge in [0.15, 0.2) is 0 Å². The Balaban J connectivity index is 2.16. The van der Waals surface area contributed by atoms with E-state index in [1.165, 1.54) is 6.07 Å².